The second-order valence-electron chi connectivity index (χ2n) is 0. The molecule has 0 aliphatic rings. The standard InChI is InChI=1S/4ClH.4H2N.Pd/h4*1H;4*1H2;/q;;;;4*-1;. The van der Waals surface area contributed by atoms with Crippen LogP contribution in [-0.4, -0.2) is 0 Å². The number of hydrogen-bond donors (Lipinski definition) is 0. The van der Waals surface area contributed by atoms with Crippen molar-refractivity contribution >= 4 is 49.6 Å². The van der Waals surface area contributed by atoms with Crippen LogP contribution in [0.3, 0.4) is 0 Å². The first-order valence-corrected chi connectivity index (χ1v) is 0. The molecule has 0 aliphatic heterocycles. The van der Waals surface area contributed by atoms with Gasteiger partial charge in [-0.1, -0.05) is 0 Å². The molecule has 0 rings (SSSR count). The zero-order valence-corrected chi connectivity index (χ0v) is 9.08. The smallest absolute Gasteiger partial charge is 0 e. The monoisotopic (exact) mass is 314 g/mol. The minimum atomic E-state index is 0. The fourth-order valence-electron chi connectivity index (χ4n) is 0. The summed E-state index contributed by atoms with van der Waals surface area (Å²) in [6.07, 6.45) is 0. The molecule has 0 spiro atoms. The third-order valence-corrected chi connectivity index (χ3v) is 0. The van der Waals surface area contributed by atoms with Gasteiger partial charge in [0.1, 0.15) is 0 Å². The summed E-state index contributed by atoms with van der Waals surface area (Å²) in [5.41, 5.74) is 0. The van der Waals surface area contributed by atoms with E-state index in [1.165, 1.54) is 0 Å². The summed E-state index contributed by atoms with van der Waals surface area (Å²) in [6.45, 7) is 0. The Balaban J connectivity index is 0. The van der Waals surface area contributed by atoms with E-state index in [2.05, 4.69) is 0 Å². The first kappa shape index (κ1) is 360. The summed E-state index contributed by atoms with van der Waals surface area (Å²) >= 11 is 0. The van der Waals surface area contributed by atoms with E-state index in [9.17, 15) is 0 Å². The van der Waals surface area contributed by atoms with Gasteiger partial charge in [-0.3, -0.25) is 0 Å². The predicted molar refractivity (Wildman–Crippen MR) is 50.1 cm³/mol. The maximum atomic E-state index is 0. The van der Waals surface area contributed by atoms with E-state index >= 15 is 0 Å². The maximum absolute atomic E-state index is 0. The third-order valence-electron chi connectivity index (χ3n) is 0. The Labute approximate surface area is 94.3 Å². The topological polar surface area (TPSA) is 134 Å². The van der Waals surface area contributed by atoms with E-state index in [4.69, 9.17) is 0 Å². The molecule has 0 unspecified atom stereocenters. The first-order chi connectivity index (χ1) is 0. The summed E-state index contributed by atoms with van der Waals surface area (Å²) in [5, 5.41) is 0. The number of rotatable bonds is 0. The van der Waals surface area contributed by atoms with Crippen molar-refractivity contribution in [1.82, 2.24) is 0 Å². The molecule has 9 heavy (non-hydrogen) atoms. The molecule has 0 atom stereocenters. The van der Waals surface area contributed by atoms with Crippen LogP contribution in [0.15, 0.2) is 0 Å². The van der Waals surface area contributed by atoms with Gasteiger partial charge in [0.05, 0.1) is 0 Å². The van der Waals surface area contributed by atoms with Crippen LogP contribution >= 0.6 is 49.6 Å². The van der Waals surface area contributed by atoms with E-state index < -0.39 is 0 Å². The van der Waals surface area contributed by atoms with Crippen LogP contribution in [0.4, 0.5) is 0 Å². The van der Waals surface area contributed by atoms with Crippen molar-refractivity contribution in [2.24, 2.45) is 0 Å². The zero-order chi connectivity index (χ0) is 0. The van der Waals surface area contributed by atoms with E-state index in [-0.39, 0.29) is 94.7 Å². The molecule has 0 radical (unpaired) electrons. The quantitative estimate of drug-likeness (QED) is 0.579. The largest absolute Gasteiger partial charge is 0.693 e. The van der Waals surface area contributed by atoms with Crippen molar-refractivity contribution < 1.29 is 20.4 Å². The van der Waals surface area contributed by atoms with Gasteiger partial charge in [0, 0.05) is 20.4 Å². The van der Waals surface area contributed by atoms with Gasteiger partial charge in [-0.05, 0) is 0 Å². The molecule has 0 heterocycles. The zero-order valence-electron chi connectivity index (χ0n) is 4.26. The van der Waals surface area contributed by atoms with Crippen LogP contribution in [0.25, 0.3) is 24.6 Å². The number of halogens is 4. The van der Waals surface area contributed by atoms with Crippen LogP contribution in [0, 0.1) is 0 Å². The SMILES string of the molecule is Cl.Cl.Cl.Cl.[NH2-].[NH2-].[NH2-].[NH2-].[Pd]. The molecule has 0 bridgehead atoms. The molecule has 0 saturated heterocycles. The van der Waals surface area contributed by atoms with Gasteiger partial charge in [-0.15, -0.1) is 49.6 Å². The van der Waals surface area contributed by atoms with Gasteiger partial charge >= 0.3 is 0 Å². The number of hydrogen-bond acceptors (Lipinski definition) is 0. The van der Waals surface area contributed by atoms with Gasteiger partial charge in [-0.2, -0.15) is 0 Å². The molecule has 9 heteroatoms. The molecule has 0 amide bonds. The number of nitrogens with two attached hydrogens (primary N) is 4. The summed E-state index contributed by atoms with van der Waals surface area (Å²) in [4.78, 5) is 0. The van der Waals surface area contributed by atoms with E-state index in [1.54, 1.807) is 0 Å². The van der Waals surface area contributed by atoms with Crippen LogP contribution in [-0.2, 0) is 20.4 Å². The molecular formula is H12Cl4N4Pd-4. The van der Waals surface area contributed by atoms with Crippen molar-refractivity contribution in [1.29, 1.82) is 0 Å². The molecule has 0 aliphatic carbocycles. The van der Waals surface area contributed by atoms with Gasteiger partial charge < -0.3 is 24.6 Å². The van der Waals surface area contributed by atoms with Crippen molar-refractivity contribution in [2.45, 2.75) is 0 Å². The van der Waals surface area contributed by atoms with Gasteiger partial charge in [0.25, 0.3) is 0 Å². The van der Waals surface area contributed by atoms with Crippen molar-refractivity contribution in [3.8, 4) is 0 Å². The molecular weight excluding hydrogens is 304 g/mol. The van der Waals surface area contributed by atoms with Crippen molar-refractivity contribution in [2.75, 3.05) is 0 Å². The second kappa shape index (κ2) is 262. The van der Waals surface area contributed by atoms with Crippen LogP contribution in [0.5, 0.6) is 0 Å². The molecule has 0 fully saturated rings. The second-order valence-corrected chi connectivity index (χ2v) is 0. The molecule has 74 valence electrons. The van der Waals surface area contributed by atoms with Gasteiger partial charge in [0.2, 0.25) is 0 Å². The fraction of sp³-hybridized carbons (Fsp3) is 0. The predicted octanol–water partition coefficient (Wildman–Crippen LogP) is 4.55. The summed E-state index contributed by atoms with van der Waals surface area (Å²) < 4.78 is 0. The average molecular weight is 316 g/mol. The minimum absolute atomic E-state index is 0. The minimum Gasteiger partial charge on any atom is -0.693 e. The van der Waals surface area contributed by atoms with E-state index in [1.807, 2.05) is 0 Å². The normalized spacial score (nSPS) is 0. The van der Waals surface area contributed by atoms with E-state index in [0.717, 1.165) is 0 Å². The van der Waals surface area contributed by atoms with Crippen molar-refractivity contribution in [3.63, 3.8) is 0 Å². The Morgan fingerprint density at radius 3 is 0.333 bits per heavy atom. The van der Waals surface area contributed by atoms with E-state index in [0.29, 0.717) is 0 Å². The molecule has 0 saturated carbocycles. The van der Waals surface area contributed by atoms with Gasteiger partial charge in [0.15, 0.2) is 0 Å². The molecule has 4 nitrogen and oxygen atoms in total. The summed E-state index contributed by atoms with van der Waals surface area (Å²) in [5.74, 6) is 0. The summed E-state index contributed by atoms with van der Waals surface area (Å²) in [7, 11) is 0. The van der Waals surface area contributed by atoms with Crippen LogP contribution in [0.1, 0.15) is 0 Å². The van der Waals surface area contributed by atoms with Crippen LogP contribution in [0.2, 0.25) is 0 Å². The first-order valence-electron chi connectivity index (χ1n) is 0. The molecule has 0 aromatic heterocycles. The molecule has 0 aromatic carbocycles. The average Bonchev–Trinajstić information content (AvgIpc) is 0. The Bertz CT molecular complexity index is 12.5. The molecule has 8 N–H and O–H groups in total. The van der Waals surface area contributed by atoms with Gasteiger partial charge in [-0.25, -0.2) is 0 Å². The van der Waals surface area contributed by atoms with Crippen LogP contribution < -0.4 is 0 Å². The Morgan fingerprint density at radius 2 is 0.333 bits per heavy atom. The Kier molecular flexibility index (Phi) is 10500. The Morgan fingerprint density at radius 1 is 0.333 bits per heavy atom. The third kappa shape index (κ3) is 205. The summed E-state index contributed by atoms with van der Waals surface area (Å²) in [6, 6.07) is 0. The maximum Gasteiger partial charge on any atom is 0 e. The van der Waals surface area contributed by atoms with Crippen molar-refractivity contribution in [3.05, 3.63) is 24.6 Å². The molecule has 0 aromatic rings. The Hall–Kier alpha value is 1.66. The fourth-order valence-corrected chi connectivity index (χ4v) is 0.